The molecule has 140 valence electrons. The van der Waals surface area contributed by atoms with Gasteiger partial charge in [-0.15, -0.1) is 0 Å². The van der Waals surface area contributed by atoms with Crippen LogP contribution in [0.3, 0.4) is 0 Å². The third-order valence-corrected chi connectivity index (χ3v) is 4.80. The highest BCUT2D eigenvalue weighted by Gasteiger charge is 2.04. The highest BCUT2D eigenvalue weighted by molar-refractivity contribution is 5.75. The van der Waals surface area contributed by atoms with Crippen LogP contribution >= 0.6 is 0 Å². The lowest BCUT2D eigenvalue weighted by atomic mass is 10.1. The predicted octanol–water partition coefficient (Wildman–Crippen LogP) is 4.48. The number of rotatable bonds is 10. The fourth-order valence-electron chi connectivity index (χ4n) is 2.96. The average Bonchev–Trinajstić information content (AvgIpc) is 2.67. The highest BCUT2D eigenvalue weighted by Crippen LogP contribution is 2.09. The summed E-state index contributed by atoms with van der Waals surface area (Å²) in [5.74, 6) is 0.129. The van der Waals surface area contributed by atoms with Gasteiger partial charge in [-0.05, 0) is 49.5 Å². The lowest BCUT2D eigenvalue weighted by Crippen LogP contribution is -2.23. The second-order valence-corrected chi connectivity index (χ2v) is 6.89. The van der Waals surface area contributed by atoms with Crippen molar-refractivity contribution in [2.24, 2.45) is 0 Å². The number of carbonyl (C=O) groups is 1. The van der Waals surface area contributed by atoms with Gasteiger partial charge in [0.15, 0.2) is 0 Å². The van der Waals surface area contributed by atoms with E-state index in [1.165, 1.54) is 16.7 Å². The number of hydrogen-bond acceptors (Lipinski definition) is 2. The van der Waals surface area contributed by atoms with Crippen LogP contribution in [-0.2, 0) is 24.3 Å². The Kier molecular flexibility index (Phi) is 8.36. The van der Waals surface area contributed by atoms with Crippen molar-refractivity contribution in [3.8, 4) is 0 Å². The minimum atomic E-state index is 0.129. The monoisotopic (exact) mass is 352 g/mol. The van der Waals surface area contributed by atoms with Crippen molar-refractivity contribution in [1.82, 2.24) is 10.2 Å². The molecule has 0 aromatic heterocycles. The molecule has 0 aliphatic rings. The summed E-state index contributed by atoms with van der Waals surface area (Å²) in [6, 6.07) is 17.1. The van der Waals surface area contributed by atoms with Gasteiger partial charge in [-0.1, -0.05) is 67.9 Å². The van der Waals surface area contributed by atoms with E-state index in [1.54, 1.807) is 0 Å². The number of aryl methyl sites for hydroxylation is 2. The average molecular weight is 353 g/mol. The number of nitrogens with one attached hydrogen (secondary N) is 1. The Hall–Kier alpha value is -2.13. The second-order valence-electron chi connectivity index (χ2n) is 6.89. The van der Waals surface area contributed by atoms with E-state index < -0.39 is 0 Å². The number of benzene rings is 2. The van der Waals surface area contributed by atoms with Crippen molar-refractivity contribution in [3.05, 3.63) is 70.8 Å². The number of carbonyl (C=O) groups excluding carboxylic acids is 1. The quantitative estimate of drug-likeness (QED) is 0.684. The summed E-state index contributed by atoms with van der Waals surface area (Å²) in [6.07, 6.45) is 2.42. The van der Waals surface area contributed by atoms with E-state index in [0.717, 1.165) is 38.0 Å². The summed E-state index contributed by atoms with van der Waals surface area (Å²) < 4.78 is 0. The molecule has 0 spiro atoms. The van der Waals surface area contributed by atoms with Crippen molar-refractivity contribution in [2.75, 3.05) is 13.1 Å². The molecule has 2 aromatic rings. The summed E-state index contributed by atoms with van der Waals surface area (Å²) in [5.41, 5.74) is 5.05. The van der Waals surface area contributed by atoms with Gasteiger partial charge in [0.2, 0.25) is 5.91 Å². The summed E-state index contributed by atoms with van der Waals surface area (Å²) in [5, 5.41) is 3.03. The largest absolute Gasteiger partial charge is 0.352 e. The second kappa shape index (κ2) is 10.8. The molecular weight excluding hydrogens is 320 g/mol. The topological polar surface area (TPSA) is 32.3 Å². The van der Waals surface area contributed by atoms with E-state index in [1.807, 2.05) is 0 Å². The molecular formula is C23H32N2O. The van der Waals surface area contributed by atoms with E-state index in [0.29, 0.717) is 13.0 Å². The fourth-order valence-corrected chi connectivity index (χ4v) is 2.96. The maximum atomic E-state index is 12.0. The van der Waals surface area contributed by atoms with Crippen molar-refractivity contribution in [2.45, 2.75) is 53.1 Å². The molecule has 0 radical (unpaired) electrons. The molecule has 0 atom stereocenters. The Bertz CT molecular complexity index is 658. The summed E-state index contributed by atoms with van der Waals surface area (Å²) in [6.45, 7) is 10.2. The van der Waals surface area contributed by atoms with Crippen LogP contribution in [0.2, 0.25) is 0 Å². The van der Waals surface area contributed by atoms with Crippen molar-refractivity contribution in [1.29, 1.82) is 0 Å². The molecule has 2 aromatic carbocycles. The lowest BCUT2D eigenvalue weighted by Gasteiger charge is -2.18. The number of amides is 1. The molecule has 0 fully saturated rings. The zero-order valence-electron chi connectivity index (χ0n) is 16.4. The molecule has 0 aliphatic heterocycles. The van der Waals surface area contributed by atoms with Gasteiger partial charge < -0.3 is 5.32 Å². The zero-order chi connectivity index (χ0) is 18.8. The Labute approximate surface area is 158 Å². The third-order valence-electron chi connectivity index (χ3n) is 4.80. The van der Waals surface area contributed by atoms with Gasteiger partial charge in [0.05, 0.1) is 0 Å². The van der Waals surface area contributed by atoms with Crippen molar-refractivity contribution < 1.29 is 4.79 Å². The molecule has 0 aliphatic carbocycles. The van der Waals surface area contributed by atoms with Gasteiger partial charge in [0.1, 0.15) is 0 Å². The van der Waals surface area contributed by atoms with Gasteiger partial charge in [0, 0.05) is 19.5 Å². The lowest BCUT2D eigenvalue weighted by molar-refractivity contribution is -0.121. The maximum Gasteiger partial charge on any atom is 0.220 e. The van der Waals surface area contributed by atoms with Crippen LogP contribution in [0, 0.1) is 6.92 Å². The molecule has 1 N–H and O–H groups in total. The van der Waals surface area contributed by atoms with Crippen LogP contribution in [0.4, 0.5) is 0 Å². The van der Waals surface area contributed by atoms with E-state index in [4.69, 9.17) is 0 Å². The third kappa shape index (κ3) is 7.01. The minimum Gasteiger partial charge on any atom is -0.352 e. The van der Waals surface area contributed by atoms with Crippen LogP contribution in [0.1, 0.15) is 48.9 Å². The fraction of sp³-hybridized carbons (Fsp3) is 0.435. The normalized spacial score (nSPS) is 10.9. The molecule has 0 unspecified atom stereocenters. The maximum absolute atomic E-state index is 12.0. The van der Waals surface area contributed by atoms with E-state index in [-0.39, 0.29) is 5.91 Å². The molecule has 1 amide bonds. The van der Waals surface area contributed by atoms with Crippen LogP contribution < -0.4 is 5.32 Å². The van der Waals surface area contributed by atoms with Crippen LogP contribution in [-0.4, -0.2) is 23.9 Å². The molecule has 26 heavy (non-hydrogen) atoms. The smallest absolute Gasteiger partial charge is 0.220 e. The van der Waals surface area contributed by atoms with Crippen LogP contribution in [0.15, 0.2) is 48.5 Å². The van der Waals surface area contributed by atoms with Crippen LogP contribution in [0.5, 0.6) is 0 Å². The van der Waals surface area contributed by atoms with Gasteiger partial charge in [0.25, 0.3) is 0 Å². The van der Waals surface area contributed by atoms with E-state index in [9.17, 15) is 4.79 Å². The molecule has 0 bridgehead atoms. The molecule has 3 nitrogen and oxygen atoms in total. The highest BCUT2D eigenvalue weighted by atomic mass is 16.1. The first-order chi connectivity index (χ1) is 12.6. The molecule has 2 rings (SSSR count). The molecule has 0 heterocycles. The van der Waals surface area contributed by atoms with Gasteiger partial charge in [-0.3, -0.25) is 9.69 Å². The summed E-state index contributed by atoms with van der Waals surface area (Å²) in [4.78, 5) is 14.4. The Morgan fingerprint density at radius 1 is 0.885 bits per heavy atom. The van der Waals surface area contributed by atoms with Crippen LogP contribution in [0.25, 0.3) is 0 Å². The zero-order valence-corrected chi connectivity index (χ0v) is 16.4. The standard InChI is InChI=1S/C23H32N2O/c1-4-25(5-2)18-22-15-13-21(14-16-22)17-24-23(26)8-6-7-20-11-9-19(3)10-12-20/h9-16H,4-8,17-18H2,1-3H3,(H,24,26). The first kappa shape index (κ1) is 20.2. The SMILES string of the molecule is CCN(CC)Cc1ccc(CNC(=O)CCCc2ccc(C)cc2)cc1. The minimum absolute atomic E-state index is 0.129. The van der Waals surface area contributed by atoms with E-state index in [2.05, 4.69) is 79.5 Å². The van der Waals surface area contributed by atoms with Crippen molar-refractivity contribution in [3.63, 3.8) is 0 Å². The summed E-state index contributed by atoms with van der Waals surface area (Å²) >= 11 is 0. The molecule has 0 saturated carbocycles. The predicted molar refractivity (Wildman–Crippen MR) is 109 cm³/mol. The number of nitrogens with zero attached hydrogens (tertiary/aromatic N) is 1. The van der Waals surface area contributed by atoms with Gasteiger partial charge in [-0.25, -0.2) is 0 Å². The first-order valence-corrected chi connectivity index (χ1v) is 9.73. The Morgan fingerprint density at radius 3 is 2.08 bits per heavy atom. The first-order valence-electron chi connectivity index (χ1n) is 9.73. The van der Waals surface area contributed by atoms with Gasteiger partial charge in [-0.2, -0.15) is 0 Å². The molecule has 0 saturated heterocycles. The Morgan fingerprint density at radius 2 is 1.46 bits per heavy atom. The summed E-state index contributed by atoms with van der Waals surface area (Å²) in [7, 11) is 0. The van der Waals surface area contributed by atoms with E-state index >= 15 is 0 Å². The van der Waals surface area contributed by atoms with Gasteiger partial charge >= 0.3 is 0 Å². The number of hydrogen-bond donors (Lipinski definition) is 1. The Balaban J connectivity index is 1.69. The van der Waals surface area contributed by atoms with Crippen molar-refractivity contribution >= 4 is 5.91 Å². The molecule has 3 heteroatoms.